The van der Waals surface area contributed by atoms with Gasteiger partial charge in [0, 0.05) is 48.1 Å². The smallest absolute Gasteiger partial charge is 0.151 e. The SMILES string of the molecule is N#Cc1cc(-c2ccnc3c2cc(-c2ccc(N4CC5(COC5)C4)cc2)n3Sc2ccccc2)ccc1OC1CCOCC1. The summed E-state index contributed by atoms with van der Waals surface area (Å²) in [5.74, 6) is 0.629. The third-order valence-corrected chi connectivity index (χ3v) is 9.91. The van der Waals surface area contributed by atoms with Crippen LogP contribution in [0, 0.1) is 16.7 Å². The minimum atomic E-state index is 0.0711. The topological polar surface area (TPSA) is 72.5 Å². The molecule has 220 valence electrons. The lowest BCUT2D eigenvalue weighted by molar-refractivity contribution is -0.127. The quantitative estimate of drug-likeness (QED) is 0.196. The van der Waals surface area contributed by atoms with Gasteiger partial charge in [-0.2, -0.15) is 5.26 Å². The Labute approximate surface area is 261 Å². The molecule has 0 aliphatic carbocycles. The molecule has 2 aromatic heterocycles. The maximum absolute atomic E-state index is 10.0. The highest BCUT2D eigenvalue weighted by Crippen LogP contribution is 2.42. The summed E-state index contributed by atoms with van der Waals surface area (Å²) in [6.07, 6.45) is 3.60. The Kier molecular flexibility index (Phi) is 7.02. The molecule has 3 saturated heterocycles. The second-order valence-electron chi connectivity index (χ2n) is 12.0. The van der Waals surface area contributed by atoms with Crippen LogP contribution in [-0.2, 0) is 9.47 Å². The highest BCUT2D eigenvalue weighted by molar-refractivity contribution is 7.98. The highest BCUT2D eigenvalue weighted by Gasteiger charge is 2.49. The first-order valence-corrected chi connectivity index (χ1v) is 15.9. The van der Waals surface area contributed by atoms with Crippen molar-refractivity contribution < 1.29 is 14.2 Å². The molecule has 8 heteroatoms. The molecule has 0 radical (unpaired) electrons. The number of aromatic nitrogens is 2. The zero-order valence-electron chi connectivity index (χ0n) is 24.3. The summed E-state index contributed by atoms with van der Waals surface area (Å²) in [5, 5.41) is 11.1. The number of rotatable bonds is 7. The molecule has 0 unspecified atom stereocenters. The Hall–Kier alpha value is -4.29. The van der Waals surface area contributed by atoms with Crippen molar-refractivity contribution in [3.63, 3.8) is 0 Å². The van der Waals surface area contributed by atoms with Crippen LogP contribution in [0.3, 0.4) is 0 Å². The molecule has 3 aromatic carbocycles. The predicted octanol–water partition coefficient (Wildman–Crippen LogP) is 7.19. The van der Waals surface area contributed by atoms with Crippen LogP contribution >= 0.6 is 11.9 Å². The second-order valence-corrected chi connectivity index (χ2v) is 13.0. The van der Waals surface area contributed by atoms with Gasteiger partial charge in [-0.25, -0.2) is 4.98 Å². The minimum Gasteiger partial charge on any atom is -0.489 e. The second kappa shape index (κ2) is 11.3. The minimum absolute atomic E-state index is 0.0711. The first-order chi connectivity index (χ1) is 21.7. The number of pyridine rings is 1. The van der Waals surface area contributed by atoms with E-state index in [4.69, 9.17) is 19.2 Å². The molecule has 5 aromatic rings. The first-order valence-electron chi connectivity index (χ1n) is 15.1. The van der Waals surface area contributed by atoms with Crippen LogP contribution in [0.5, 0.6) is 5.75 Å². The standard InChI is InChI=1S/C36H32N4O3S/c37-20-27-18-26(8-11-34(27)43-29-13-16-41-17-14-29)31-12-15-38-35-32(31)19-33(40(35)44-30-4-2-1-3-5-30)25-6-9-28(10-7-25)39-21-36(22-39)23-42-24-36/h1-12,15,18-19,29H,13-14,16-17,21-24H2. The number of nitrogens with zero attached hydrogens (tertiary/aromatic N) is 4. The van der Waals surface area contributed by atoms with Gasteiger partial charge in [-0.1, -0.05) is 36.4 Å². The molecule has 0 saturated carbocycles. The first kappa shape index (κ1) is 27.3. The van der Waals surface area contributed by atoms with Gasteiger partial charge in [-0.05, 0) is 77.2 Å². The lowest BCUT2D eigenvalue weighted by atomic mass is 9.78. The summed E-state index contributed by atoms with van der Waals surface area (Å²) in [4.78, 5) is 8.43. The largest absolute Gasteiger partial charge is 0.489 e. The lowest BCUT2D eigenvalue weighted by Gasteiger charge is -2.56. The van der Waals surface area contributed by atoms with Crippen molar-refractivity contribution in [3.05, 3.63) is 96.7 Å². The Bertz CT molecular complexity index is 1850. The van der Waals surface area contributed by atoms with Crippen LogP contribution in [0.15, 0.2) is 96.0 Å². The molecule has 0 bridgehead atoms. The molecular formula is C36H32N4O3S. The van der Waals surface area contributed by atoms with E-state index in [1.807, 2.05) is 36.5 Å². The molecule has 0 amide bonds. The summed E-state index contributed by atoms with van der Waals surface area (Å²) in [6.45, 7) is 5.28. The van der Waals surface area contributed by atoms with Crippen molar-refractivity contribution in [2.75, 3.05) is 44.4 Å². The van der Waals surface area contributed by atoms with E-state index >= 15 is 0 Å². The van der Waals surface area contributed by atoms with Crippen LogP contribution in [0.4, 0.5) is 5.69 Å². The maximum Gasteiger partial charge on any atom is 0.151 e. The average Bonchev–Trinajstić information content (AvgIpc) is 3.39. The van der Waals surface area contributed by atoms with E-state index in [1.54, 1.807) is 11.9 Å². The van der Waals surface area contributed by atoms with E-state index in [2.05, 4.69) is 69.5 Å². The fourth-order valence-electron chi connectivity index (χ4n) is 6.43. The zero-order valence-corrected chi connectivity index (χ0v) is 25.1. The van der Waals surface area contributed by atoms with Crippen molar-refractivity contribution in [2.45, 2.75) is 23.8 Å². The van der Waals surface area contributed by atoms with Gasteiger partial charge in [0.1, 0.15) is 17.9 Å². The van der Waals surface area contributed by atoms with E-state index in [1.165, 1.54) is 5.69 Å². The average molecular weight is 601 g/mol. The Morgan fingerprint density at radius 3 is 2.39 bits per heavy atom. The zero-order chi connectivity index (χ0) is 29.5. The van der Waals surface area contributed by atoms with Gasteiger partial charge < -0.3 is 19.1 Å². The van der Waals surface area contributed by atoms with Gasteiger partial charge in [-0.3, -0.25) is 3.97 Å². The Balaban J connectivity index is 1.16. The molecule has 3 aliphatic rings. The van der Waals surface area contributed by atoms with Crippen LogP contribution in [0.2, 0.25) is 0 Å². The fraction of sp³-hybridized carbons (Fsp3) is 0.278. The van der Waals surface area contributed by atoms with E-state index in [9.17, 15) is 5.26 Å². The summed E-state index contributed by atoms with van der Waals surface area (Å²) in [5.41, 5.74) is 7.23. The maximum atomic E-state index is 10.0. The van der Waals surface area contributed by atoms with Crippen molar-refractivity contribution >= 4 is 28.7 Å². The third kappa shape index (κ3) is 5.01. The van der Waals surface area contributed by atoms with Gasteiger partial charge in [0.2, 0.25) is 0 Å². The molecule has 3 aliphatic heterocycles. The molecule has 7 nitrogen and oxygen atoms in total. The van der Waals surface area contributed by atoms with Crippen molar-refractivity contribution in [1.29, 1.82) is 5.26 Å². The van der Waals surface area contributed by atoms with Gasteiger partial charge in [0.15, 0.2) is 5.65 Å². The number of hydrogen-bond donors (Lipinski definition) is 0. The van der Waals surface area contributed by atoms with Crippen LogP contribution in [-0.4, -0.2) is 54.6 Å². The number of anilines is 1. The van der Waals surface area contributed by atoms with Gasteiger partial charge in [-0.15, -0.1) is 0 Å². The number of nitriles is 1. The van der Waals surface area contributed by atoms with E-state index < -0.39 is 0 Å². The van der Waals surface area contributed by atoms with E-state index in [0.717, 1.165) is 77.5 Å². The third-order valence-electron chi connectivity index (χ3n) is 8.87. The molecule has 0 atom stereocenters. The molecule has 44 heavy (non-hydrogen) atoms. The number of ether oxygens (including phenoxy) is 3. The molecule has 3 fully saturated rings. The fourth-order valence-corrected chi connectivity index (χ4v) is 7.41. The highest BCUT2D eigenvalue weighted by atomic mass is 32.2. The van der Waals surface area contributed by atoms with Crippen LogP contribution < -0.4 is 9.64 Å². The van der Waals surface area contributed by atoms with Crippen LogP contribution in [0.1, 0.15) is 18.4 Å². The molecule has 1 spiro atoms. The molecular weight excluding hydrogens is 568 g/mol. The molecule has 8 rings (SSSR count). The van der Waals surface area contributed by atoms with Crippen molar-refractivity contribution in [2.24, 2.45) is 5.41 Å². The van der Waals surface area contributed by atoms with Gasteiger partial charge in [0.25, 0.3) is 0 Å². The Morgan fingerprint density at radius 1 is 0.886 bits per heavy atom. The monoisotopic (exact) mass is 600 g/mol. The lowest BCUT2D eigenvalue weighted by Crippen LogP contribution is -2.66. The van der Waals surface area contributed by atoms with Crippen LogP contribution in [0.25, 0.3) is 33.4 Å². The van der Waals surface area contributed by atoms with Gasteiger partial charge >= 0.3 is 0 Å². The van der Waals surface area contributed by atoms with Crippen molar-refractivity contribution in [1.82, 2.24) is 8.96 Å². The predicted molar refractivity (Wildman–Crippen MR) is 173 cm³/mol. The molecule has 5 heterocycles. The summed E-state index contributed by atoms with van der Waals surface area (Å²) in [7, 11) is 0. The number of hydrogen-bond acceptors (Lipinski definition) is 7. The van der Waals surface area contributed by atoms with Gasteiger partial charge in [0.05, 0.1) is 43.1 Å². The van der Waals surface area contributed by atoms with E-state index in [0.29, 0.717) is 29.9 Å². The summed E-state index contributed by atoms with van der Waals surface area (Å²) < 4.78 is 19.4. The number of benzene rings is 3. The van der Waals surface area contributed by atoms with Crippen molar-refractivity contribution in [3.8, 4) is 34.2 Å². The van der Waals surface area contributed by atoms with E-state index in [-0.39, 0.29) is 6.10 Å². The summed E-state index contributed by atoms with van der Waals surface area (Å²) >= 11 is 1.66. The normalized spacial score (nSPS) is 17.7. The Morgan fingerprint density at radius 2 is 1.66 bits per heavy atom. The molecule has 0 N–H and O–H groups in total. The number of fused-ring (bicyclic) bond motifs is 1. The summed E-state index contributed by atoms with van der Waals surface area (Å²) in [6, 6.07) is 31.8.